The maximum absolute atomic E-state index is 14.0. The van der Waals surface area contributed by atoms with Crippen LogP contribution in [-0.4, -0.2) is 58.6 Å². The molecule has 0 amide bonds. The molecule has 1 aromatic heterocycles. The van der Waals surface area contributed by atoms with Gasteiger partial charge in [0.2, 0.25) is 6.29 Å². The van der Waals surface area contributed by atoms with Crippen molar-refractivity contribution in [3.63, 3.8) is 0 Å². The second-order valence-corrected chi connectivity index (χ2v) is 7.94. The molecule has 2 aliphatic heterocycles. The van der Waals surface area contributed by atoms with Crippen molar-refractivity contribution < 1.29 is 31.6 Å². The Kier molecular flexibility index (Phi) is 6.31. The zero-order valence-electron chi connectivity index (χ0n) is 18.6. The number of halogens is 5. The third kappa shape index (κ3) is 4.14. The average Bonchev–Trinajstić information content (AvgIpc) is 3.16. The van der Waals surface area contributed by atoms with Gasteiger partial charge in [-0.25, -0.2) is 18.4 Å². The summed E-state index contributed by atoms with van der Waals surface area (Å²) in [5.41, 5.74) is -2.95. The van der Waals surface area contributed by atoms with Gasteiger partial charge in [0.1, 0.15) is 0 Å². The van der Waals surface area contributed by atoms with Crippen molar-refractivity contribution in [1.29, 1.82) is 0 Å². The minimum Gasteiger partial charge on any atom is -0.327 e. The smallest absolute Gasteiger partial charge is 0.327 e. The first-order chi connectivity index (χ1) is 16.4. The molecule has 2 aliphatic rings. The van der Waals surface area contributed by atoms with E-state index in [9.17, 15) is 36.3 Å². The number of piperazine rings is 1. The maximum Gasteiger partial charge on any atom is 0.493 e. The number of nitrogens with one attached hydrogen (secondary N) is 1. The Morgan fingerprint density at radius 1 is 1.09 bits per heavy atom. The highest BCUT2D eigenvalue weighted by Gasteiger charge is 2.51. The van der Waals surface area contributed by atoms with Crippen LogP contribution in [0.5, 0.6) is 0 Å². The summed E-state index contributed by atoms with van der Waals surface area (Å²) in [4.78, 5) is 45.2. The first kappa shape index (κ1) is 24.7. The lowest BCUT2D eigenvalue weighted by molar-refractivity contribution is -0.203. The molecule has 190 valence electrons. The lowest BCUT2D eigenvalue weighted by atomic mass is 10.1. The summed E-state index contributed by atoms with van der Waals surface area (Å²) < 4.78 is 69.0. The highest BCUT2D eigenvalue weighted by molar-refractivity contribution is 5.84. The molecule has 0 saturated carbocycles. The normalized spacial score (nSPS) is 18.8. The number of para-hydroxylation sites is 1. The zero-order valence-corrected chi connectivity index (χ0v) is 18.6. The molecule has 0 bridgehead atoms. The summed E-state index contributed by atoms with van der Waals surface area (Å²) in [5, 5.41) is 3.56. The van der Waals surface area contributed by atoms with Gasteiger partial charge in [-0.1, -0.05) is 18.2 Å². The average molecular weight is 504 g/mol. The number of nitrogens with zero attached hydrogens (tertiary/aromatic N) is 5. The maximum atomic E-state index is 14.0. The fraction of sp³-hybridized carbons (Fsp3) is 0.450. The third-order valence-corrected chi connectivity index (χ3v) is 5.82. The van der Waals surface area contributed by atoms with Crippen LogP contribution in [0.1, 0.15) is 12.0 Å². The molecule has 15 heteroatoms. The fourth-order valence-electron chi connectivity index (χ4n) is 4.20. The Bertz CT molecular complexity index is 1250. The Balaban J connectivity index is 2.03. The van der Waals surface area contributed by atoms with E-state index in [1.165, 1.54) is 25.2 Å². The molecule has 0 spiro atoms. The van der Waals surface area contributed by atoms with Crippen LogP contribution in [0.3, 0.4) is 0 Å². The summed E-state index contributed by atoms with van der Waals surface area (Å²) in [6, 6.07) is 5.17. The number of carbonyl (C=O) groups excluding carboxylic acids is 1. The minimum absolute atomic E-state index is 0.186. The van der Waals surface area contributed by atoms with Crippen LogP contribution in [0.4, 0.5) is 39.1 Å². The standard InChI is InChI=1S/C20H21F5N6O4/c1-27-15-13(16(32)28(2)19(27)34)30(12-6-4-3-5-11(12)14(21)22)18(29-9-7-26-8-10-29)31(15)35-17(33)20(23,24)25/h3-6,14,18,26H,7-10H2,1-2H3. The van der Waals surface area contributed by atoms with Crippen LogP contribution in [0, 0.1) is 0 Å². The summed E-state index contributed by atoms with van der Waals surface area (Å²) in [6.07, 6.45) is -9.86. The van der Waals surface area contributed by atoms with Crippen LogP contribution < -0.4 is 26.5 Å². The second kappa shape index (κ2) is 8.96. The second-order valence-electron chi connectivity index (χ2n) is 7.94. The summed E-state index contributed by atoms with van der Waals surface area (Å²) in [5.74, 6) is -3.07. The summed E-state index contributed by atoms with van der Waals surface area (Å²) >= 11 is 0. The monoisotopic (exact) mass is 504 g/mol. The van der Waals surface area contributed by atoms with Crippen molar-refractivity contribution in [3.05, 3.63) is 50.7 Å². The third-order valence-electron chi connectivity index (χ3n) is 5.82. The van der Waals surface area contributed by atoms with Gasteiger partial charge in [0.25, 0.3) is 12.0 Å². The van der Waals surface area contributed by atoms with Gasteiger partial charge in [0, 0.05) is 45.8 Å². The Hall–Kier alpha value is -3.46. The highest BCUT2D eigenvalue weighted by atomic mass is 19.4. The van der Waals surface area contributed by atoms with Gasteiger partial charge in [-0.2, -0.15) is 13.2 Å². The molecule has 10 nitrogen and oxygen atoms in total. The summed E-state index contributed by atoms with van der Waals surface area (Å²) in [7, 11) is 2.32. The number of carbonyl (C=O) groups is 1. The van der Waals surface area contributed by atoms with Gasteiger partial charge in [0.05, 0.1) is 5.69 Å². The van der Waals surface area contributed by atoms with Gasteiger partial charge in [-0.05, 0) is 6.07 Å². The number of benzene rings is 1. The van der Waals surface area contributed by atoms with E-state index in [1.807, 2.05) is 0 Å². The molecule has 1 atom stereocenters. The van der Waals surface area contributed by atoms with Gasteiger partial charge in [0.15, 0.2) is 11.5 Å². The highest BCUT2D eigenvalue weighted by Crippen LogP contribution is 2.45. The number of hydrogen-bond acceptors (Lipinski definition) is 8. The largest absolute Gasteiger partial charge is 0.493 e. The lowest BCUT2D eigenvalue weighted by Crippen LogP contribution is -2.60. The van der Waals surface area contributed by atoms with E-state index in [1.54, 1.807) is 4.90 Å². The van der Waals surface area contributed by atoms with E-state index in [0.29, 0.717) is 22.7 Å². The predicted molar refractivity (Wildman–Crippen MR) is 113 cm³/mol. The minimum atomic E-state index is -5.40. The van der Waals surface area contributed by atoms with E-state index >= 15 is 0 Å². The van der Waals surface area contributed by atoms with E-state index in [2.05, 4.69) is 5.32 Å². The predicted octanol–water partition coefficient (Wildman–Crippen LogP) is 1.19. The molecule has 2 aromatic rings. The van der Waals surface area contributed by atoms with E-state index < -0.39 is 47.5 Å². The van der Waals surface area contributed by atoms with Crippen molar-refractivity contribution in [3.8, 4) is 0 Å². The van der Waals surface area contributed by atoms with Gasteiger partial charge < -0.3 is 10.2 Å². The number of anilines is 3. The molecule has 0 radical (unpaired) electrons. The van der Waals surface area contributed by atoms with Crippen LogP contribution in [-0.2, 0) is 23.7 Å². The first-order valence-corrected chi connectivity index (χ1v) is 10.4. The van der Waals surface area contributed by atoms with E-state index in [4.69, 9.17) is 4.84 Å². The molecule has 4 rings (SSSR count). The topological polar surface area (TPSA) is 92.1 Å². The molecule has 1 fully saturated rings. The molecule has 1 N–H and O–H groups in total. The Morgan fingerprint density at radius 3 is 2.31 bits per heavy atom. The molecule has 1 aromatic carbocycles. The number of rotatable bonds is 4. The molecular formula is C20H21F5N6O4. The van der Waals surface area contributed by atoms with Crippen molar-refractivity contribution >= 4 is 23.2 Å². The molecule has 0 aliphatic carbocycles. The van der Waals surface area contributed by atoms with Crippen molar-refractivity contribution in [2.24, 2.45) is 14.1 Å². The lowest BCUT2D eigenvalue weighted by Gasteiger charge is -2.41. The summed E-state index contributed by atoms with van der Waals surface area (Å²) in [6.45, 7) is 1.19. The van der Waals surface area contributed by atoms with Crippen LogP contribution in [0.2, 0.25) is 0 Å². The van der Waals surface area contributed by atoms with Crippen molar-refractivity contribution in [2.75, 3.05) is 36.1 Å². The number of alkyl halides is 5. The fourth-order valence-corrected chi connectivity index (χ4v) is 4.20. The van der Waals surface area contributed by atoms with Crippen molar-refractivity contribution in [1.82, 2.24) is 19.4 Å². The quantitative estimate of drug-likeness (QED) is 0.622. The van der Waals surface area contributed by atoms with Crippen LogP contribution in [0.15, 0.2) is 33.9 Å². The number of hydrogen-bond donors (Lipinski definition) is 1. The SMILES string of the molecule is Cn1c2c(c(=O)n(C)c1=O)N(c1ccccc1C(F)F)C(N1CCNCC1)N2OC(=O)C(F)(F)F. The van der Waals surface area contributed by atoms with Crippen molar-refractivity contribution in [2.45, 2.75) is 18.9 Å². The number of hydroxylamine groups is 1. The molecule has 1 unspecified atom stereocenters. The van der Waals surface area contributed by atoms with Crippen LogP contribution >= 0.6 is 0 Å². The first-order valence-electron chi connectivity index (χ1n) is 10.4. The zero-order chi connectivity index (χ0) is 25.7. The molecular weight excluding hydrogens is 483 g/mol. The van der Waals surface area contributed by atoms with Crippen LogP contribution in [0.25, 0.3) is 0 Å². The molecule has 1 saturated heterocycles. The Labute approximate surface area is 194 Å². The molecule has 3 heterocycles. The van der Waals surface area contributed by atoms with E-state index in [0.717, 1.165) is 22.6 Å². The number of fused-ring (bicyclic) bond motifs is 1. The number of aromatic nitrogens is 2. The molecule has 35 heavy (non-hydrogen) atoms. The van der Waals surface area contributed by atoms with E-state index in [-0.39, 0.29) is 24.5 Å². The van der Waals surface area contributed by atoms with Gasteiger partial charge in [-0.15, -0.1) is 5.06 Å². The van der Waals surface area contributed by atoms with Gasteiger partial charge in [-0.3, -0.25) is 23.7 Å². The van der Waals surface area contributed by atoms with Gasteiger partial charge >= 0.3 is 17.8 Å². The Morgan fingerprint density at radius 2 is 1.71 bits per heavy atom.